The van der Waals surface area contributed by atoms with Crippen LogP contribution in [0, 0.1) is 0 Å². The molecule has 0 aliphatic carbocycles. The van der Waals surface area contributed by atoms with E-state index < -0.39 is 8.07 Å². The van der Waals surface area contributed by atoms with Crippen molar-refractivity contribution in [3.63, 3.8) is 0 Å². The molecule has 0 saturated carbocycles. The fourth-order valence-corrected chi connectivity index (χ4v) is 5.69. The van der Waals surface area contributed by atoms with Crippen LogP contribution in [0.1, 0.15) is 31.1 Å². The first kappa shape index (κ1) is 26.2. The molecule has 0 aromatic heterocycles. The van der Waals surface area contributed by atoms with Crippen molar-refractivity contribution in [2.24, 2.45) is 0 Å². The van der Waals surface area contributed by atoms with Crippen molar-refractivity contribution < 1.29 is 23.7 Å². The number of nitrogens with one attached hydrogen (secondary N) is 1. The summed E-state index contributed by atoms with van der Waals surface area (Å²) in [5, 5.41) is 4.30. The topological polar surface area (TPSA) is 66.0 Å². The van der Waals surface area contributed by atoms with Crippen LogP contribution in [0.4, 0.5) is 5.69 Å². The van der Waals surface area contributed by atoms with E-state index in [4.69, 9.17) is 18.9 Å². The van der Waals surface area contributed by atoms with E-state index in [0.717, 1.165) is 5.75 Å². The average molecular weight is 494 g/mol. The summed E-state index contributed by atoms with van der Waals surface area (Å²) in [5.41, 5.74) is 0.877. The highest BCUT2D eigenvalue weighted by Gasteiger charge is 2.38. The lowest BCUT2D eigenvalue weighted by Gasteiger charge is -2.38. The van der Waals surface area contributed by atoms with Gasteiger partial charge in [0.25, 0.3) is 5.91 Å². The predicted octanol–water partition coefficient (Wildman–Crippen LogP) is 6.47. The third-order valence-electron chi connectivity index (χ3n) is 6.71. The van der Waals surface area contributed by atoms with Gasteiger partial charge in [0.15, 0.2) is 0 Å². The van der Waals surface area contributed by atoms with Crippen LogP contribution in [0.5, 0.6) is 28.7 Å². The number of ether oxygens (including phenoxy) is 4. The van der Waals surface area contributed by atoms with Crippen molar-refractivity contribution in [1.82, 2.24) is 0 Å². The van der Waals surface area contributed by atoms with Gasteiger partial charge in [-0.1, -0.05) is 58.1 Å². The Hall–Kier alpha value is -3.45. The second kappa shape index (κ2) is 10.4. The van der Waals surface area contributed by atoms with Crippen molar-refractivity contribution in [2.45, 2.75) is 38.9 Å². The minimum Gasteiger partial charge on any atom is -0.496 e. The maximum atomic E-state index is 13.2. The normalized spacial score (nSPS) is 11.5. The Kier molecular flexibility index (Phi) is 7.80. The summed E-state index contributed by atoms with van der Waals surface area (Å²) in [6, 6.07) is 18.7. The Bertz CT molecular complexity index is 1170. The molecule has 186 valence electrons. The van der Waals surface area contributed by atoms with Gasteiger partial charge < -0.3 is 24.3 Å². The molecule has 0 aliphatic rings. The van der Waals surface area contributed by atoms with Crippen LogP contribution in [0.15, 0.2) is 60.7 Å². The molecule has 0 bridgehead atoms. The number of carbonyl (C=O) groups excluding carboxylic acids is 1. The third kappa shape index (κ3) is 5.62. The number of anilines is 1. The molecule has 0 saturated heterocycles. The lowest BCUT2D eigenvalue weighted by atomic mass is 10.2. The van der Waals surface area contributed by atoms with Crippen molar-refractivity contribution in [3.05, 3.63) is 66.2 Å². The van der Waals surface area contributed by atoms with Gasteiger partial charge in [0.05, 0.1) is 29.4 Å². The lowest BCUT2D eigenvalue weighted by molar-refractivity contribution is 0.102. The molecule has 7 heteroatoms. The SMILES string of the molecule is COc1cc(OC)c(NC(=O)c2cccc(Oc3ccccc3[Si](C)(C)C(C)(C)C)c2)c(OC)c1. The summed E-state index contributed by atoms with van der Waals surface area (Å²) in [6.07, 6.45) is 0. The molecule has 3 aromatic rings. The largest absolute Gasteiger partial charge is 0.496 e. The molecule has 0 heterocycles. The Morgan fingerprint density at radius 1 is 0.771 bits per heavy atom. The highest BCUT2D eigenvalue weighted by atomic mass is 28.3. The molecule has 0 aliphatic heterocycles. The van der Waals surface area contributed by atoms with Gasteiger partial charge >= 0.3 is 0 Å². The molecule has 3 aromatic carbocycles. The van der Waals surface area contributed by atoms with Crippen molar-refractivity contribution in [2.75, 3.05) is 26.6 Å². The van der Waals surface area contributed by atoms with Gasteiger partial charge in [0.1, 0.15) is 34.4 Å². The van der Waals surface area contributed by atoms with E-state index >= 15 is 0 Å². The average Bonchev–Trinajstić information content (AvgIpc) is 2.83. The molecule has 1 N–H and O–H groups in total. The molecular formula is C28H35NO5Si. The standard InChI is InChI=1S/C28H35NO5Si/c1-28(2,3)35(7,8)25-15-10-9-14-22(25)34-20-13-11-12-19(16-20)27(30)29-26-23(32-5)17-21(31-4)18-24(26)33-6/h9-18H,1-8H3,(H,29,30). The Morgan fingerprint density at radius 2 is 1.40 bits per heavy atom. The minimum absolute atomic E-state index is 0.157. The molecular weight excluding hydrogens is 458 g/mol. The first-order valence-electron chi connectivity index (χ1n) is 11.5. The summed E-state index contributed by atoms with van der Waals surface area (Å²) in [6.45, 7) is 11.6. The van der Waals surface area contributed by atoms with Crippen LogP contribution in [0.2, 0.25) is 18.1 Å². The molecule has 0 radical (unpaired) electrons. The van der Waals surface area contributed by atoms with Crippen molar-refractivity contribution >= 4 is 24.9 Å². The van der Waals surface area contributed by atoms with E-state index in [0.29, 0.717) is 34.2 Å². The van der Waals surface area contributed by atoms with Gasteiger partial charge in [0, 0.05) is 17.7 Å². The summed E-state index contributed by atoms with van der Waals surface area (Å²) >= 11 is 0. The maximum Gasteiger partial charge on any atom is 0.256 e. The second-order valence-electron chi connectivity index (χ2n) is 9.86. The number of hydrogen-bond acceptors (Lipinski definition) is 5. The third-order valence-corrected chi connectivity index (χ3v) is 12.2. The van der Waals surface area contributed by atoms with Gasteiger partial charge in [-0.25, -0.2) is 0 Å². The Labute approximate surface area is 209 Å². The van der Waals surface area contributed by atoms with E-state index in [-0.39, 0.29) is 10.9 Å². The Morgan fingerprint density at radius 3 is 1.97 bits per heavy atom. The maximum absolute atomic E-state index is 13.2. The van der Waals surface area contributed by atoms with Crippen LogP contribution < -0.4 is 29.5 Å². The van der Waals surface area contributed by atoms with Crippen LogP contribution >= 0.6 is 0 Å². The van der Waals surface area contributed by atoms with Gasteiger partial charge in [-0.3, -0.25) is 4.79 Å². The van der Waals surface area contributed by atoms with Gasteiger partial charge in [0.2, 0.25) is 0 Å². The number of para-hydroxylation sites is 1. The van der Waals surface area contributed by atoms with Gasteiger partial charge in [-0.2, -0.15) is 0 Å². The van der Waals surface area contributed by atoms with Gasteiger partial charge in [-0.15, -0.1) is 0 Å². The van der Waals surface area contributed by atoms with E-state index in [9.17, 15) is 4.79 Å². The summed E-state index contributed by atoms with van der Waals surface area (Å²) in [7, 11) is 2.77. The van der Waals surface area contributed by atoms with Crippen LogP contribution in [0.25, 0.3) is 0 Å². The number of methoxy groups -OCH3 is 3. The van der Waals surface area contributed by atoms with E-state index in [1.54, 1.807) is 31.4 Å². The number of benzene rings is 3. The zero-order chi connectivity index (χ0) is 25.8. The first-order valence-corrected chi connectivity index (χ1v) is 14.5. The molecule has 0 spiro atoms. The van der Waals surface area contributed by atoms with Gasteiger partial charge in [-0.05, 0) is 34.5 Å². The van der Waals surface area contributed by atoms with Crippen LogP contribution in [0.3, 0.4) is 0 Å². The predicted molar refractivity (Wildman–Crippen MR) is 144 cm³/mol. The molecule has 0 atom stereocenters. The summed E-state index contributed by atoms with van der Waals surface area (Å²) < 4.78 is 22.5. The first-order chi connectivity index (χ1) is 16.5. The number of amides is 1. The fraction of sp³-hybridized carbons (Fsp3) is 0.321. The molecule has 1 amide bonds. The molecule has 0 fully saturated rings. The van der Waals surface area contributed by atoms with Crippen LogP contribution in [-0.2, 0) is 0 Å². The number of rotatable bonds is 8. The zero-order valence-electron chi connectivity index (χ0n) is 21.8. The monoisotopic (exact) mass is 493 g/mol. The molecule has 6 nitrogen and oxygen atoms in total. The van der Waals surface area contributed by atoms with E-state index in [2.05, 4.69) is 51.3 Å². The number of hydrogen-bond donors (Lipinski definition) is 1. The van der Waals surface area contributed by atoms with Crippen LogP contribution in [-0.4, -0.2) is 35.3 Å². The van der Waals surface area contributed by atoms with E-state index in [1.165, 1.54) is 19.4 Å². The smallest absolute Gasteiger partial charge is 0.256 e. The quantitative estimate of drug-likeness (QED) is 0.364. The summed E-state index contributed by atoms with van der Waals surface area (Å²) in [5.74, 6) is 2.55. The fourth-order valence-electron chi connectivity index (χ4n) is 3.62. The molecule has 3 rings (SSSR count). The van der Waals surface area contributed by atoms with Crippen molar-refractivity contribution in [3.8, 4) is 28.7 Å². The molecule has 35 heavy (non-hydrogen) atoms. The molecule has 0 unspecified atom stereocenters. The minimum atomic E-state index is -1.84. The van der Waals surface area contributed by atoms with E-state index in [1.807, 2.05) is 24.3 Å². The van der Waals surface area contributed by atoms with Crippen molar-refractivity contribution in [1.29, 1.82) is 0 Å². The summed E-state index contributed by atoms with van der Waals surface area (Å²) in [4.78, 5) is 13.2. The highest BCUT2D eigenvalue weighted by Crippen LogP contribution is 2.40. The highest BCUT2D eigenvalue weighted by molar-refractivity contribution is 6.92. The Balaban J connectivity index is 1.90. The lowest BCUT2D eigenvalue weighted by Crippen LogP contribution is -2.49. The number of carbonyl (C=O) groups is 1. The second-order valence-corrected chi connectivity index (χ2v) is 15.2. The zero-order valence-corrected chi connectivity index (χ0v) is 22.8.